The van der Waals surface area contributed by atoms with Crippen LogP contribution in [0.3, 0.4) is 0 Å². The third-order valence-electron chi connectivity index (χ3n) is 3.12. The first-order valence-electron chi connectivity index (χ1n) is 6.34. The zero-order chi connectivity index (χ0) is 14.8. The van der Waals surface area contributed by atoms with Gasteiger partial charge in [0.15, 0.2) is 0 Å². The lowest BCUT2D eigenvalue weighted by Gasteiger charge is -2.13. The quantitative estimate of drug-likeness (QED) is 0.718. The molecule has 1 aromatic carbocycles. The van der Waals surface area contributed by atoms with Crippen LogP contribution in [0, 0.1) is 0 Å². The molecule has 0 radical (unpaired) electrons. The second kappa shape index (κ2) is 6.05. The van der Waals surface area contributed by atoms with Gasteiger partial charge in [0, 0.05) is 28.3 Å². The SMILES string of the molecule is OC(CNc1ccnc2c(Cl)cc(Br)cc12)c1ccco1. The predicted octanol–water partition coefficient (Wildman–Crippen LogP) is 4.39. The lowest BCUT2D eigenvalue weighted by Crippen LogP contribution is -2.11. The summed E-state index contributed by atoms with van der Waals surface area (Å²) in [7, 11) is 0. The first kappa shape index (κ1) is 14.4. The van der Waals surface area contributed by atoms with E-state index >= 15 is 0 Å². The standard InChI is InChI=1S/C15H12BrClN2O2/c16-9-6-10-12(3-4-18-15(10)11(17)7-9)19-8-13(20)14-2-1-5-21-14/h1-7,13,20H,8H2,(H,18,19). The summed E-state index contributed by atoms with van der Waals surface area (Å²) in [5.41, 5.74) is 1.58. The first-order valence-corrected chi connectivity index (χ1v) is 7.51. The second-order valence-electron chi connectivity index (χ2n) is 4.55. The minimum Gasteiger partial charge on any atom is -0.467 e. The van der Waals surface area contributed by atoms with E-state index in [0.29, 0.717) is 17.3 Å². The van der Waals surface area contributed by atoms with Gasteiger partial charge in [-0.1, -0.05) is 27.5 Å². The van der Waals surface area contributed by atoms with Gasteiger partial charge in [0.1, 0.15) is 11.9 Å². The number of hydrogen-bond acceptors (Lipinski definition) is 4. The van der Waals surface area contributed by atoms with Crippen LogP contribution in [0.4, 0.5) is 5.69 Å². The van der Waals surface area contributed by atoms with Gasteiger partial charge in [0.2, 0.25) is 0 Å². The summed E-state index contributed by atoms with van der Waals surface area (Å²) < 4.78 is 6.06. The molecule has 0 bridgehead atoms. The van der Waals surface area contributed by atoms with Crippen LogP contribution >= 0.6 is 27.5 Å². The average Bonchev–Trinajstić information content (AvgIpc) is 2.99. The molecule has 1 unspecified atom stereocenters. The van der Waals surface area contributed by atoms with Crippen molar-refractivity contribution in [3.63, 3.8) is 0 Å². The summed E-state index contributed by atoms with van der Waals surface area (Å²) >= 11 is 9.62. The molecule has 3 aromatic rings. The highest BCUT2D eigenvalue weighted by Crippen LogP contribution is 2.31. The van der Waals surface area contributed by atoms with Crippen molar-refractivity contribution < 1.29 is 9.52 Å². The number of nitrogens with one attached hydrogen (secondary N) is 1. The molecule has 0 saturated heterocycles. The number of benzene rings is 1. The number of rotatable bonds is 4. The lowest BCUT2D eigenvalue weighted by atomic mass is 10.2. The molecule has 0 spiro atoms. The summed E-state index contributed by atoms with van der Waals surface area (Å²) in [5, 5.41) is 14.7. The third kappa shape index (κ3) is 3.05. The number of aliphatic hydroxyl groups is 1. The van der Waals surface area contributed by atoms with Gasteiger partial charge in [0.25, 0.3) is 0 Å². The van der Waals surface area contributed by atoms with E-state index in [1.54, 1.807) is 24.4 Å². The molecule has 0 fully saturated rings. The fourth-order valence-corrected chi connectivity index (χ4v) is 2.98. The summed E-state index contributed by atoms with van der Waals surface area (Å²) in [6.07, 6.45) is 2.51. The molecule has 2 heterocycles. The molecule has 0 aliphatic heterocycles. The van der Waals surface area contributed by atoms with Crippen LogP contribution < -0.4 is 5.32 Å². The van der Waals surface area contributed by atoms with Crippen molar-refractivity contribution in [1.82, 2.24) is 4.98 Å². The van der Waals surface area contributed by atoms with Crippen molar-refractivity contribution in [3.8, 4) is 0 Å². The Bertz CT molecular complexity index is 762. The summed E-state index contributed by atoms with van der Waals surface area (Å²) in [6, 6.07) is 9.08. The van der Waals surface area contributed by atoms with E-state index in [1.165, 1.54) is 6.26 Å². The molecule has 4 nitrogen and oxygen atoms in total. The van der Waals surface area contributed by atoms with Crippen LogP contribution in [0.5, 0.6) is 0 Å². The summed E-state index contributed by atoms with van der Waals surface area (Å²) in [5.74, 6) is 0.528. The number of fused-ring (bicyclic) bond motifs is 1. The number of halogens is 2. The normalized spacial score (nSPS) is 12.5. The minimum absolute atomic E-state index is 0.330. The molecule has 108 valence electrons. The van der Waals surface area contributed by atoms with Gasteiger partial charge in [-0.2, -0.15) is 0 Å². The Labute approximate surface area is 134 Å². The molecule has 1 atom stereocenters. The minimum atomic E-state index is -0.717. The smallest absolute Gasteiger partial charge is 0.134 e. The third-order valence-corrected chi connectivity index (χ3v) is 3.87. The van der Waals surface area contributed by atoms with Gasteiger partial charge in [-0.15, -0.1) is 0 Å². The van der Waals surface area contributed by atoms with Gasteiger partial charge in [0.05, 0.1) is 16.8 Å². The molecule has 0 aliphatic rings. The Morgan fingerprint density at radius 1 is 1.38 bits per heavy atom. The van der Waals surface area contributed by atoms with Gasteiger partial charge in [-0.25, -0.2) is 0 Å². The highest BCUT2D eigenvalue weighted by atomic mass is 79.9. The van der Waals surface area contributed by atoms with Crippen molar-refractivity contribution in [2.45, 2.75) is 6.10 Å². The van der Waals surface area contributed by atoms with E-state index in [4.69, 9.17) is 16.0 Å². The molecule has 0 amide bonds. The average molecular weight is 368 g/mol. The Balaban J connectivity index is 1.87. The van der Waals surface area contributed by atoms with Gasteiger partial charge in [-0.3, -0.25) is 4.98 Å². The number of aromatic nitrogens is 1. The molecular weight excluding hydrogens is 356 g/mol. The fraction of sp³-hybridized carbons (Fsp3) is 0.133. The van der Waals surface area contributed by atoms with E-state index in [9.17, 15) is 5.11 Å². The largest absolute Gasteiger partial charge is 0.467 e. The molecule has 0 aliphatic carbocycles. The number of pyridine rings is 1. The maximum absolute atomic E-state index is 10.0. The topological polar surface area (TPSA) is 58.3 Å². The number of aliphatic hydroxyl groups excluding tert-OH is 1. The Hall–Kier alpha value is -1.56. The maximum Gasteiger partial charge on any atom is 0.134 e. The van der Waals surface area contributed by atoms with Crippen LogP contribution in [0.25, 0.3) is 10.9 Å². The van der Waals surface area contributed by atoms with E-state index in [-0.39, 0.29) is 0 Å². The van der Waals surface area contributed by atoms with Crippen molar-refractivity contribution in [1.29, 1.82) is 0 Å². The lowest BCUT2D eigenvalue weighted by molar-refractivity contribution is 0.162. The van der Waals surface area contributed by atoms with Crippen LogP contribution in [0.2, 0.25) is 5.02 Å². The van der Waals surface area contributed by atoms with Crippen molar-refractivity contribution in [3.05, 3.63) is 58.0 Å². The molecule has 3 rings (SSSR count). The van der Waals surface area contributed by atoms with Gasteiger partial charge >= 0.3 is 0 Å². The van der Waals surface area contributed by atoms with E-state index < -0.39 is 6.10 Å². The molecule has 2 N–H and O–H groups in total. The highest BCUT2D eigenvalue weighted by Gasteiger charge is 2.12. The molecule has 21 heavy (non-hydrogen) atoms. The van der Waals surface area contributed by atoms with Crippen molar-refractivity contribution in [2.24, 2.45) is 0 Å². The summed E-state index contributed by atoms with van der Waals surface area (Å²) in [4.78, 5) is 4.29. The number of furan rings is 1. The van der Waals surface area contributed by atoms with E-state index in [1.807, 2.05) is 12.1 Å². The van der Waals surface area contributed by atoms with Crippen molar-refractivity contribution in [2.75, 3.05) is 11.9 Å². The molecule has 2 aromatic heterocycles. The predicted molar refractivity (Wildman–Crippen MR) is 86.6 cm³/mol. The molecule has 0 saturated carbocycles. The van der Waals surface area contributed by atoms with Crippen molar-refractivity contribution >= 4 is 44.1 Å². The Kier molecular flexibility index (Phi) is 4.14. The number of nitrogens with zero attached hydrogens (tertiary/aromatic N) is 1. The Morgan fingerprint density at radius 2 is 2.24 bits per heavy atom. The summed E-state index contributed by atoms with van der Waals surface area (Å²) in [6.45, 7) is 0.330. The number of anilines is 1. The second-order valence-corrected chi connectivity index (χ2v) is 5.88. The number of hydrogen-bond donors (Lipinski definition) is 2. The van der Waals surface area contributed by atoms with Crippen LogP contribution in [-0.4, -0.2) is 16.6 Å². The van der Waals surface area contributed by atoms with Crippen LogP contribution in [-0.2, 0) is 0 Å². The highest BCUT2D eigenvalue weighted by molar-refractivity contribution is 9.10. The van der Waals surface area contributed by atoms with Gasteiger partial charge in [-0.05, 0) is 30.3 Å². The zero-order valence-electron chi connectivity index (χ0n) is 10.9. The van der Waals surface area contributed by atoms with Crippen LogP contribution in [0.15, 0.2) is 51.7 Å². The van der Waals surface area contributed by atoms with Crippen LogP contribution in [0.1, 0.15) is 11.9 Å². The monoisotopic (exact) mass is 366 g/mol. The Morgan fingerprint density at radius 3 is 3.00 bits per heavy atom. The molecular formula is C15H12BrClN2O2. The van der Waals surface area contributed by atoms with Gasteiger partial charge < -0.3 is 14.8 Å². The molecule has 6 heteroatoms. The van der Waals surface area contributed by atoms with E-state index in [2.05, 4.69) is 26.2 Å². The first-order chi connectivity index (χ1) is 10.1. The zero-order valence-corrected chi connectivity index (χ0v) is 13.2. The van der Waals surface area contributed by atoms with E-state index in [0.717, 1.165) is 21.1 Å². The fourth-order valence-electron chi connectivity index (χ4n) is 2.12. The maximum atomic E-state index is 10.0.